The van der Waals surface area contributed by atoms with E-state index in [1.807, 2.05) is 80.6 Å². The summed E-state index contributed by atoms with van der Waals surface area (Å²) < 4.78 is 40.9. The fourth-order valence-electron chi connectivity index (χ4n) is 5.87. The second-order valence-electron chi connectivity index (χ2n) is 11.6. The maximum absolute atomic E-state index is 14.2. The quantitative estimate of drug-likeness (QED) is 0.437. The lowest BCUT2D eigenvalue weighted by molar-refractivity contribution is -0.166. The summed E-state index contributed by atoms with van der Waals surface area (Å²) in [6, 6.07) is 29.9. The third-order valence-corrected chi connectivity index (χ3v) is 14.1. The van der Waals surface area contributed by atoms with Crippen LogP contribution >= 0.6 is 0 Å². The van der Waals surface area contributed by atoms with Gasteiger partial charge in [-0.15, -0.1) is 0 Å². The molecule has 0 aliphatic carbocycles. The highest BCUT2D eigenvalue weighted by Gasteiger charge is 2.61. The molecule has 2 fully saturated rings. The Morgan fingerprint density at radius 1 is 0.846 bits per heavy atom. The number of rotatable bonds is 7. The average Bonchev–Trinajstić information content (AvgIpc) is 3.27. The molecule has 208 valence electrons. The van der Waals surface area contributed by atoms with E-state index < -0.39 is 54.8 Å². The topological polar surface area (TPSA) is 74.2 Å². The van der Waals surface area contributed by atoms with Crippen molar-refractivity contribution >= 4 is 29.5 Å². The molecular weight excluding hydrogens is 528 g/mol. The molecule has 0 radical (unpaired) electrons. The van der Waals surface area contributed by atoms with Gasteiger partial charge in [0.1, 0.15) is 24.4 Å². The molecule has 2 heterocycles. The number of benzene rings is 3. The fraction of sp³-hybridized carbons (Fsp3) is 0.419. The first-order valence-electron chi connectivity index (χ1n) is 13.4. The van der Waals surface area contributed by atoms with E-state index in [0.29, 0.717) is 4.90 Å². The molecule has 0 aromatic heterocycles. The van der Waals surface area contributed by atoms with Gasteiger partial charge in [0.15, 0.2) is 11.2 Å². The minimum Gasteiger partial charge on any atom is -0.398 e. The third kappa shape index (κ3) is 5.31. The molecule has 3 aromatic rings. The Labute approximate surface area is 234 Å². The Morgan fingerprint density at radius 3 is 1.82 bits per heavy atom. The standard InChI is InChI=1S/C31H38O6SSi/c1-30(2,3)39(23-17-11-7-12-18-23,24-19-13-8-14-20-24)37-28-27-26(35-31(4,5)36-27)25(21-32)34-29(28)38(33)22-15-9-6-10-16-22/h6-20,25-29,32H,21H2,1-5H3/t25-,26+,27+,28-,29+,38?/m1/s1. The van der Waals surface area contributed by atoms with Crippen molar-refractivity contribution in [1.29, 1.82) is 0 Å². The number of hydrogen-bond donors (Lipinski definition) is 1. The van der Waals surface area contributed by atoms with E-state index in [2.05, 4.69) is 45.0 Å². The van der Waals surface area contributed by atoms with Crippen LogP contribution in [-0.4, -0.2) is 59.9 Å². The largest absolute Gasteiger partial charge is 0.398 e. The first-order chi connectivity index (χ1) is 18.6. The van der Waals surface area contributed by atoms with Crippen LogP contribution in [0.15, 0.2) is 95.9 Å². The number of fused-ring (bicyclic) bond motifs is 1. The van der Waals surface area contributed by atoms with Crippen molar-refractivity contribution in [3.63, 3.8) is 0 Å². The van der Waals surface area contributed by atoms with Gasteiger partial charge in [0.25, 0.3) is 8.32 Å². The van der Waals surface area contributed by atoms with Gasteiger partial charge in [-0.2, -0.15) is 0 Å². The van der Waals surface area contributed by atoms with Gasteiger partial charge in [-0.05, 0) is 41.4 Å². The molecule has 0 amide bonds. The zero-order valence-corrected chi connectivity index (χ0v) is 25.0. The minimum absolute atomic E-state index is 0.283. The summed E-state index contributed by atoms with van der Waals surface area (Å²) in [5, 5.41) is 12.2. The highest BCUT2D eigenvalue weighted by Crippen LogP contribution is 2.44. The van der Waals surface area contributed by atoms with Crippen molar-refractivity contribution in [3.8, 4) is 0 Å². The molecule has 1 N–H and O–H groups in total. The summed E-state index contributed by atoms with van der Waals surface area (Å²) in [5.74, 6) is -0.914. The van der Waals surface area contributed by atoms with E-state index >= 15 is 0 Å². The minimum atomic E-state index is -3.08. The predicted molar refractivity (Wildman–Crippen MR) is 155 cm³/mol. The molecule has 2 aliphatic heterocycles. The molecule has 6 nitrogen and oxygen atoms in total. The summed E-state index contributed by atoms with van der Waals surface area (Å²) in [7, 11) is -4.68. The lowest BCUT2D eigenvalue weighted by Crippen LogP contribution is -2.71. The van der Waals surface area contributed by atoms with E-state index in [1.165, 1.54) is 0 Å². The average molecular weight is 567 g/mol. The molecule has 6 atom stereocenters. The lowest BCUT2D eigenvalue weighted by Gasteiger charge is -2.49. The molecule has 3 aromatic carbocycles. The van der Waals surface area contributed by atoms with Crippen LogP contribution in [-0.2, 0) is 29.4 Å². The van der Waals surface area contributed by atoms with Crippen LogP contribution in [0.2, 0.25) is 5.04 Å². The number of ether oxygens (including phenoxy) is 3. The first-order valence-corrected chi connectivity index (χ1v) is 16.6. The maximum atomic E-state index is 14.2. The summed E-state index contributed by atoms with van der Waals surface area (Å²) in [4.78, 5) is 0.631. The second-order valence-corrected chi connectivity index (χ2v) is 17.4. The SMILES string of the molecule is CC1(C)O[C@@H]2[C@@H](O[Si](c3ccccc3)(c3ccccc3)C(C)(C)C)[C@H](S(=O)c3ccccc3)O[C@H](CO)[C@@H]2O1. The normalized spacial score (nSPS) is 27.6. The van der Waals surface area contributed by atoms with E-state index in [1.54, 1.807) is 0 Å². The molecule has 2 saturated heterocycles. The second kappa shape index (κ2) is 11.0. The van der Waals surface area contributed by atoms with E-state index in [9.17, 15) is 9.32 Å². The van der Waals surface area contributed by atoms with Gasteiger partial charge < -0.3 is 23.7 Å². The Kier molecular flexibility index (Phi) is 8.01. The highest BCUT2D eigenvalue weighted by atomic mass is 32.2. The van der Waals surface area contributed by atoms with Gasteiger partial charge >= 0.3 is 0 Å². The van der Waals surface area contributed by atoms with Crippen molar-refractivity contribution < 1.29 is 28.0 Å². The van der Waals surface area contributed by atoms with Gasteiger partial charge in [0.2, 0.25) is 0 Å². The lowest BCUT2D eigenvalue weighted by atomic mass is 10.0. The zero-order valence-electron chi connectivity index (χ0n) is 23.2. The van der Waals surface area contributed by atoms with Crippen LogP contribution < -0.4 is 10.4 Å². The van der Waals surface area contributed by atoms with E-state index in [4.69, 9.17) is 18.6 Å². The van der Waals surface area contributed by atoms with Crippen LogP contribution in [0.3, 0.4) is 0 Å². The van der Waals surface area contributed by atoms with Crippen LogP contribution in [0, 0.1) is 0 Å². The Morgan fingerprint density at radius 2 is 1.33 bits per heavy atom. The van der Waals surface area contributed by atoms with Crippen molar-refractivity contribution in [2.24, 2.45) is 0 Å². The van der Waals surface area contributed by atoms with Crippen molar-refractivity contribution in [3.05, 3.63) is 91.0 Å². The van der Waals surface area contributed by atoms with E-state index in [-0.39, 0.29) is 11.6 Å². The molecule has 0 spiro atoms. The number of aliphatic hydroxyl groups is 1. The molecule has 0 bridgehead atoms. The smallest absolute Gasteiger partial charge is 0.261 e. The maximum Gasteiger partial charge on any atom is 0.261 e. The van der Waals surface area contributed by atoms with Crippen LogP contribution in [0.5, 0.6) is 0 Å². The summed E-state index contributed by atoms with van der Waals surface area (Å²) in [6.45, 7) is 10.0. The van der Waals surface area contributed by atoms with Gasteiger partial charge in [0, 0.05) is 4.90 Å². The third-order valence-electron chi connectivity index (χ3n) is 7.53. The number of hydrogen-bond acceptors (Lipinski definition) is 6. The molecule has 0 saturated carbocycles. The van der Waals surface area contributed by atoms with Gasteiger partial charge in [-0.1, -0.05) is 99.6 Å². The van der Waals surface area contributed by atoms with Crippen LogP contribution in [0.4, 0.5) is 0 Å². The summed E-state index contributed by atoms with van der Waals surface area (Å²) in [5.41, 5.74) is -0.884. The monoisotopic (exact) mass is 566 g/mol. The fourth-order valence-corrected chi connectivity index (χ4v) is 12.0. The molecule has 8 heteroatoms. The zero-order chi connectivity index (χ0) is 27.8. The highest BCUT2D eigenvalue weighted by molar-refractivity contribution is 7.85. The van der Waals surface area contributed by atoms with Gasteiger partial charge in [0.05, 0.1) is 17.4 Å². The Hall–Kier alpha value is -2.17. The van der Waals surface area contributed by atoms with Crippen LogP contribution in [0.1, 0.15) is 34.6 Å². The van der Waals surface area contributed by atoms with Crippen LogP contribution in [0.25, 0.3) is 0 Å². The van der Waals surface area contributed by atoms with Gasteiger partial charge in [-0.3, -0.25) is 4.21 Å². The van der Waals surface area contributed by atoms with Crippen molar-refractivity contribution in [2.75, 3.05) is 6.61 Å². The number of aliphatic hydroxyl groups excluding tert-OH is 1. The molecule has 39 heavy (non-hydrogen) atoms. The first kappa shape index (κ1) is 28.4. The summed E-state index contributed by atoms with van der Waals surface area (Å²) >= 11 is 0. The molecule has 2 aliphatic rings. The van der Waals surface area contributed by atoms with Crippen molar-refractivity contribution in [1.82, 2.24) is 0 Å². The summed E-state index contributed by atoms with van der Waals surface area (Å²) in [6.07, 6.45) is -2.59. The van der Waals surface area contributed by atoms with Gasteiger partial charge in [-0.25, -0.2) is 0 Å². The Bertz CT molecular complexity index is 1230. The predicted octanol–water partition coefficient (Wildman–Crippen LogP) is 3.98. The van der Waals surface area contributed by atoms with E-state index in [0.717, 1.165) is 10.4 Å². The molecular formula is C31H38O6SSi. The molecule has 1 unspecified atom stereocenters. The van der Waals surface area contributed by atoms with Crippen molar-refractivity contribution in [2.45, 2.75) is 80.2 Å². The molecule has 5 rings (SSSR count). The Balaban J connectivity index is 1.70.